The van der Waals surface area contributed by atoms with Gasteiger partial charge in [0, 0.05) is 26.0 Å². The van der Waals surface area contributed by atoms with Crippen molar-refractivity contribution in [2.45, 2.75) is 11.8 Å². The molecule has 8 heteroatoms. The number of rotatable bonds is 5. The average molecular weight is 292 g/mol. The Morgan fingerprint density at radius 1 is 1.56 bits per heavy atom. The van der Waals surface area contributed by atoms with Gasteiger partial charge >= 0.3 is 0 Å². The summed E-state index contributed by atoms with van der Waals surface area (Å²) in [6.45, 7) is 2.00. The molecule has 1 aromatic rings. The Morgan fingerprint density at radius 3 is 2.78 bits per heavy atom. The molecule has 6 nitrogen and oxygen atoms in total. The van der Waals surface area contributed by atoms with Gasteiger partial charge in [-0.2, -0.15) is 0 Å². The molecule has 0 aliphatic rings. The van der Waals surface area contributed by atoms with Crippen LogP contribution in [-0.4, -0.2) is 44.3 Å². The first-order chi connectivity index (χ1) is 8.38. The number of hydrogen-bond acceptors (Lipinski definition) is 4. The molecule has 0 atom stereocenters. The van der Waals surface area contributed by atoms with Crippen LogP contribution in [0.5, 0.6) is 0 Å². The second-order valence-electron chi connectivity index (χ2n) is 3.54. The summed E-state index contributed by atoms with van der Waals surface area (Å²) < 4.78 is 25.9. The third-order valence-electron chi connectivity index (χ3n) is 2.34. The van der Waals surface area contributed by atoms with Crippen LogP contribution in [0.4, 0.5) is 0 Å². The van der Waals surface area contributed by atoms with E-state index in [4.69, 9.17) is 11.6 Å². The van der Waals surface area contributed by atoms with Crippen molar-refractivity contribution in [1.29, 1.82) is 0 Å². The van der Waals surface area contributed by atoms with Crippen molar-refractivity contribution in [3.05, 3.63) is 23.5 Å². The minimum absolute atomic E-state index is 0.0637. The lowest BCUT2D eigenvalue weighted by atomic mass is 10.5. The van der Waals surface area contributed by atoms with E-state index in [2.05, 4.69) is 9.71 Å². The number of aromatic nitrogens is 1. The van der Waals surface area contributed by atoms with Crippen molar-refractivity contribution in [2.75, 3.05) is 20.1 Å². The molecule has 1 heterocycles. The number of nitrogens with zero attached hydrogens (tertiary/aromatic N) is 2. The quantitative estimate of drug-likeness (QED) is 0.856. The topological polar surface area (TPSA) is 79.4 Å². The summed E-state index contributed by atoms with van der Waals surface area (Å²) >= 11 is 5.76. The van der Waals surface area contributed by atoms with E-state index in [1.165, 1.54) is 17.2 Å². The number of pyridine rings is 1. The van der Waals surface area contributed by atoms with E-state index in [1.54, 1.807) is 14.0 Å². The average Bonchev–Trinajstić information content (AvgIpc) is 2.35. The summed E-state index contributed by atoms with van der Waals surface area (Å²) in [5.74, 6) is -0.318. The number of amides is 1. The minimum atomic E-state index is -3.82. The summed E-state index contributed by atoms with van der Waals surface area (Å²) in [7, 11) is -2.23. The molecule has 0 saturated carbocycles. The lowest BCUT2D eigenvalue weighted by molar-refractivity contribution is -0.128. The van der Waals surface area contributed by atoms with Crippen LogP contribution in [0.2, 0.25) is 5.02 Å². The predicted octanol–water partition coefficient (Wildman–Crippen LogP) is 0.492. The monoisotopic (exact) mass is 291 g/mol. The Morgan fingerprint density at radius 2 is 2.22 bits per heavy atom. The van der Waals surface area contributed by atoms with E-state index >= 15 is 0 Å². The van der Waals surface area contributed by atoms with Gasteiger partial charge in [0.15, 0.2) is 0 Å². The fraction of sp³-hybridized carbons (Fsp3) is 0.400. The van der Waals surface area contributed by atoms with Crippen molar-refractivity contribution in [1.82, 2.24) is 14.6 Å². The van der Waals surface area contributed by atoms with Crippen LogP contribution in [0.15, 0.2) is 23.4 Å². The molecule has 1 aromatic heterocycles. The van der Waals surface area contributed by atoms with E-state index in [0.717, 1.165) is 6.20 Å². The molecule has 0 bridgehead atoms. The van der Waals surface area contributed by atoms with Crippen molar-refractivity contribution in [2.24, 2.45) is 0 Å². The lowest BCUT2D eigenvalue weighted by Gasteiger charge is -2.15. The Bertz CT molecular complexity index is 533. The highest BCUT2D eigenvalue weighted by Crippen LogP contribution is 2.18. The maximum atomic E-state index is 11.9. The molecule has 1 rings (SSSR count). The van der Waals surface area contributed by atoms with Crippen LogP contribution < -0.4 is 4.72 Å². The number of halogens is 1. The van der Waals surface area contributed by atoms with Gasteiger partial charge in [0.25, 0.3) is 0 Å². The highest BCUT2D eigenvalue weighted by atomic mass is 35.5. The maximum absolute atomic E-state index is 11.9. The van der Waals surface area contributed by atoms with E-state index in [0.29, 0.717) is 6.54 Å². The van der Waals surface area contributed by atoms with Crippen molar-refractivity contribution in [3.8, 4) is 0 Å². The molecule has 0 radical (unpaired) electrons. The van der Waals surface area contributed by atoms with Gasteiger partial charge in [-0.15, -0.1) is 0 Å². The van der Waals surface area contributed by atoms with Crippen molar-refractivity contribution < 1.29 is 13.2 Å². The smallest absolute Gasteiger partial charge is 0.244 e. The first-order valence-electron chi connectivity index (χ1n) is 5.21. The molecule has 0 spiro atoms. The molecule has 1 amide bonds. The molecule has 0 aliphatic carbocycles. The second kappa shape index (κ2) is 6.12. The van der Waals surface area contributed by atoms with E-state index in [1.807, 2.05) is 0 Å². The largest absolute Gasteiger partial charge is 0.345 e. The van der Waals surface area contributed by atoms with Gasteiger partial charge in [-0.05, 0) is 13.0 Å². The molecule has 0 aliphatic heterocycles. The molecule has 0 saturated heterocycles. The number of sulfonamides is 1. The fourth-order valence-corrected chi connectivity index (χ4v) is 2.51. The standard InChI is InChI=1S/C10H14ClN3O3S/c1-3-14(2)10(15)7-13-18(16,17)9-6-12-5-4-8(9)11/h4-6,13H,3,7H2,1-2H3. The normalized spacial score (nSPS) is 11.3. The first kappa shape index (κ1) is 14.9. The van der Waals surface area contributed by atoms with E-state index < -0.39 is 10.0 Å². The van der Waals surface area contributed by atoms with Gasteiger partial charge in [0.2, 0.25) is 15.9 Å². The van der Waals surface area contributed by atoms with Crippen LogP contribution in [0, 0.1) is 0 Å². The van der Waals surface area contributed by atoms with Crippen LogP contribution in [0.1, 0.15) is 6.92 Å². The zero-order valence-corrected chi connectivity index (χ0v) is 11.6. The van der Waals surface area contributed by atoms with Crippen LogP contribution in [-0.2, 0) is 14.8 Å². The van der Waals surface area contributed by atoms with Crippen LogP contribution in [0.3, 0.4) is 0 Å². The zero-order valence-electron chi connectivity index (χ0n) is 10.1. The molecule has 0 fully saturated rings. The number of carbonyl (C=O) groups excluding carboxylic acids is 1. The molecule has 0 aromatic carbocycles. The van der Waals surface area contributed by atoms with Gasteiger partial charge in [-0.1, -0.05) is 11.6 Å². The second-order valence-corrected chi connectivity index (χ2v) is 5.68. The molecule has 0 unspecified atom stereocenters. The number of nitrogens with one attached hydrogen (secondary N) is 1. The van der Waals surface area contributed by atoms with Gasteiger partial charge in [-0.3, -0.25) is 9.78 Å². The van der Waals surface area contributed by atoms with Gasteiger partial charge < -0.3 is 4.90 Å². The molecular formula is C10H14ClN3O3S. The van der Waals surface area contributed by atoms with Crippen molar-refractivity contribution in [3.63, 3.8) is 0 Å². The zero-order chi connectivity index (χ0) is 13.8. The summed E-state index contributed by atoms with van der Waals surface area (Å²) in [5.41, 5.74) is 0. The minimum Gasteiger partial charge on any atom is -0.345 e. The Balaban J connectivity index is 2.79. The summed E-state index contributed by atoms with van der Waals surface area (Å²) in [5, 5.41) is 0.0637. The molecular weight excluding hydrogens is 278 g/mol. The SMILES string of the molecule is CCN(C)C(=O)CNS(=O)(=O)c1cnccc1Cl. The highest BCUT2D eigenvalue weighted by Gasteiger charge is 2.19. The van der Waals surface area contributed by atoms with Gasteiger partial charge in [0.1, 0.15) is 4.90 Å². The van der Waals surface area contributed by atoms with Crippen molar-refractivity contribution >= 4 is 27.5 Å². The maximum Gasteiger partial charge on any atom is 0.244 e. The van der Waals surface area contributed by atoms with Crippen LogP contribution >= 0.6 is 11.6 Å². The predicted molar refractivity (Wildman–Crippen MR) is 67.7 cm³/mol. The van der Waals surface area contributed by atoms with Gasteiger partial charge in [0.05, 0.1) is 11.6 Å². The van der Waals surface area contributed by atoms with Crippen LogP contribution in [0.25, 0.3) is 0 Å². The third-order valence-corrected chi connectivity index (χ3v) is 4.21. The number of carbonyl (C=O) groups is 1. The molecule has 100 valence electrons. The first-order valence-corrected chi connectivity index (χ1v) is 7.07. The summed E-state index contributed by atoms with van der Waals surface area (Å²) in [4.78, 5) is 16.4. The molecule has 1 N–H and O–H groups in total. The fourth-order valence-electron chi connectivity index (χ4n) is 1.11. The van der Waals surface area contributed by atoms with Gasteiger partial charge in [-0.25, -0.2) is 13.1 Å². The third kappa shape index (κ3) is 3.66. The Labute approximate surface area is 111 Å². The number of likely N-dealkylation sites (N-methyl/N-ethyl adjacent to an activating group) is 1. The lowest BCUT2D eigenvalue weighted by Crippen LogP contribution is -2.38. The Kier molecular flexibility index (Phi) is 5.06. The Hall–Kier alpha value is -1.18. The van der Waals surface area contributed by atoms with E-state index in [9.17, 15) is 13.2 Å². The molecule has 18 heavy (non-hydrogen) atoms. The summed E-state index contributed by atoms with van der Waals surface area (Å²) in [6.07, 6.45) is 2.52. The van der Waals surface area contributed by atoms with E-state index in [-0.39, 0.29) is 22.4 Å². The number of hydrogen-bond donors (Lipinski definition) is 1. The summed E-state index contributed by atoms with van der Waals surface area (Å²) in [6, 6.07) is 1.37. The highest BCUT2D eigenvalue weighted by molar-refractivity contribution is 7.89.